The van der Waals surface area contributed by atoms with Crippen molar-refractivity contribution in [1.29, 1.82) is 5.26 Å². The molecule has 1 aromatic rings. The van der Waals surface area contributed by atoms with Crippen molar-refractivity contribution in [3.63, 3.8) is 0 Å². The lowest BCUT2D eigenvalue weighted by Crippen LogP contribution is -2.30. The first-order chi connectivity index (χ1) is 9.99. The van der Waals surface area contributed by atoms with Gasteiger partial charge >= 0.3 is 5.97 Å². The molecule has 0 fully saturated rings. The number of nitrogens with one attached hydrogen (secondary N) is 2. The second-order valence-corrected chi connectivity index (χ2v) is 4.35. The Morgan fingerprint density at radius 1 is 1.43 bits per heavy atom. The fraction of sp³-hybridized carbons (Fsp3) is 0.267. The summed E-state index contributed by atoms with van der Waals surface area (Å²) in [6.45, 7) is 3.41. The maximum absolute atomic E-state index is 11.6. The number of carbonyl (C=O) groups is 2. The first-order valence-corrected chi connectivity index (χ1v) is 6.44. The van der Waals surface area contributed by atoms with Gasteiger partial charge in [0, 0.05) is 11.9 Å². The molecule has 0 atom stereocenters. The highest BCUT2D eigenvalue weighted by atomic mass is 16.4. The molecule has 21 heavy (non-hydrogen) atoms. The van der Waals surface area contributed by atoms with E-state index in [0.29, 0.717) is 0 Å². The van der Waals surface area contributed by atoms with Crippen molar-refractivity contribution in [2.75, 3.05) is 11.9 Å². The molecule has 6 heteroatoms. The number of anilines is 1. The van der Waals surface area contributed by atoms with Crippen molar-refractivity contribution in [2.45, 2.75) is 20.3 Å². The second-order valence-electron chi connectivity index (χ2n) is 4.35. The van der Waals surface area contributed by atoms with E-state index in [1.54, 1.807) is 6.07 Å². The number of amides is 1. The lowest BCUT2D eigenvalue weighted by molar-refractivity contribution is -0.137. The molecule has 0 radical (unpaired) electrons. The summed E-state index contributed by atoms with van der Waals surface area (Å²) in [5.74, 6) is -1.89. The number of rotatable bonds is 6. The van der Waals surface area contributed by atoms with Gasteiger partial charge in [-0.05, 0) is 24.5 Å². The van der Waals surface area contributed by atoms with Crippen LogP contribution in [-0.2, 0) is 16.0 Å². The topological polar surface area (TPSA) is 102 Å². The quantitative estimate of drug-likeness (QED) is 0.544. The molecule has 110 valence electrons. The molecule has 0 saturated carbocycles. The number of nitriles is 1. The molecule has 0 heterocycles. The molecule has 0 bridgehead atoms. The van der Waals surface area contributed by atoms with Crippen molar-refractivity contribution in [3.05, 3.63) is 41.1 Å². The van der Waals surface area contributed by atoms with Gasteiger partial charge in [-0.1, -0.05) is 25.1 Å². The van der Waals surface area contributed by atoms with Gasteiger partial charge in [-0.15, -0.1) is 0 Å². The number of carbonyl (C=O) groups excluding carboxylic acids is 1. The molecular weight excluding hydrogens is 270 g/mol. The van der Waals surface area contributed by atoms with Gasteiger partial charge in [0.25, 0.3) is 5.91 Å². The van der Waals surface area contributed by atoms with Gasteiger partial charge in [0.05, 0.1) is 0 Å². The van der Waals surface area contributed by atoms with Crippen LogP contribution in [0.4, 0.5) is 5.69 Å². The van der Waals surface area contributed by atoms with Crippen LogP contribution < -0.4 is 10.6 Å². The van der Waals surface area contributed by atoms with E-state index >= 15 is 0 Å². The van der Waals surface area contributed by atoms with Gasteiger partial charge in [0.1, 0.15) is 18.2 Å². The highest BCUT2D eigenvalue weighted by Gasteiger charge is 2.10. The van der Waals surface area contributed by atoms with Crippen LogP contribution in [0.3, 0.4) is 0 Å². The molecular formula is C15H17N3O3. The van der Waals surface area contributed by atoms with Crippen LogP contribution >= 0.6 is 0 Å². The largest absolute Gasteiger partial charge is 0.480 e. The average Bonchev–Trinajstić information content (AvgIpc) is 2.46. The summed E-state index contributed by atoms with van der Waals surface area (Å²) < 4.78 is 0. The number of hydrogen-bond donors (Lipinski definition) is 3. The van der Waals surface area contributed by atoms with Crippen LogP contribution in [0.15, 0.2) is 30.0 Å². The molecule has 0 aliphatic rings. The minimum Gasteiger partial charge on any atom is -0.480 e. The van der Waals surface area contributed by atoms with Gasteiger partial charge in [-0.25, -0.2) is 0 Å². The molecule has 0 saturated heterocycles. The van der Waals surface area contributed by atoms with E-state index in [9.17, 15) is 9.59 Å². The summed E-state index contributed by atoms with van der Waals surface area (Å²) in [6, 6.07) is 7.57. The van der Waals surface area contributed by atoms with Crippen molar-refractivity contribution >= 4 is 17.6 Å². The van der Waals surface area contributed by atoms with Gasteiger partial charge in [0.15, 0.2) is 0 Å². The molecule has 3 N–H and O–H groups in total. The smallest absolute Gasteiger partial charge is 0.322 e. The van der Waals surface area contributed by atoms with Crippen molar-refractivity contribution in [3.8, 4) is 6.07 Å². The summed E-state index contributed by atoms with van der Waals surface area (Å²) >= 11 is 0. The summed E-state index contributed by atoms with van der Waals surface area (Å²) in [6.07, 6.45) is 2.10. The normalized spacial score (nSPS) is 10.6. The summed E-state index contributed by atoms with van der Waals surface area (Å²) in [4.78, 5) is 22.0. The Hall–Kier alpha value is -2.81. The first kappa shape index (κ1) is 16.2. The zero-order valence-corrected chi connectivity index (χ0v) is 11.9. The lowest BCUT2D eigenvalue weighted by Gasteiger charge is -2.11. The third kappa shape index (κ3) is 4.66. The Morgan fingerprint density at radius 3 is 2.71 bits per heavy atom. The molecule has 0 aromatic heterocycles. The Balaban J connectivity index is 2.89. The van der Waals surface area contributed by atoms with Crippen LogP contribution in [0.1, 0.15) is 18.1 Å². The molecule has 0 unspecified atom stereocenters. The maximum Gasteiger partial charge on any atom is 0.322 e. The number of benzene rings is 1. The fourth-order valence-electron chi connectivity index (χ4n) is 1.77. The second kappa shape index (κ2) is 7.70. The number of aryl methyl sites for hydroxylation is 2. The summed E-state index contributed by atoms with van der Waals surface area (Å²) in [7, 11) is 0. The predicted octanol–water partition coefficient (Wildman–Crippen LogP) is 1.58. The van der Waals surface area contributed by atoms with E-state index in [0.717, 1.165) is 23.2 Å². The minimum atomic E-state index is -1.17. The number of nitrogens with zero attached hydrogens (tertiary/aromatic N) is 1. The third-order valence-electron chi connectivity index (χ3n) is 2.87. The van der Waals surface area contributed by atoms with Crippen molar-refractivity contribution in [1.82, 2.24) is 5.32 Å². The molecule has 0 aliphatic carbocycles. The Kier molecular flexibility index (Phi) is 5.96. The zero-order valence-electron chi connectivity index (χ0n) is 11.9. The Labute approximate surface area is 123 Å². The van der Waals surface area contributed by atoms with Crippen LogP contribution in [0.5, 0.6) is 0 Å². The monoisotopic (exact) mass is 287 g/mol. The van der Waals surface area contributed by atoms with E-state index in [2.05, 4.69) is 10.6 Å². The van der Waals surface area contributed by atoms with Gasteiger partial charge < -0.3 is 15.7 Å². The first-order valence-electron chi connectivity index (χ1n) is 6.44. The highest BCUT2D eigenvalue weighted by molar-refractivity contribution is 5.98. The van der Waals surface area contributed by atoms with Gasteiger partial charge in [-0.3, -0.25) is 9.59 Å². The Morgan fingerprint density at radius 2 is 2.14 bits per heavy atom. The number of aliphatic carboxylic acids is 1. The van der Waals surface area contributed by atoms with Gasteiger partial charge in [0.2, 0.25) is 0 Å². The Bertz CT molecular complexity index is 615. The van der Waals surface area contributed by atoms with E-state index in [-0.39, 0.29) is 5.57 Å². The SMILES string of the molecule is CCc1cccc(C)c1N/C=C(/C#N)C(=O)NCC(=O)O. The van der Waals surface area contributed by atoms with E-state index in [1.165, 1.54) is 6.20 Å². The van der Waals surface area contributed by atoms with E-state index < -0.39 is 18.4 Å². The van der Waals surface area contributed by atoms with Crippen LogP contribution in [0.2, 0.25) is 0 Å². The molecule has 0 spiro atoms. The van der Waals surface area contributed by atoms with Crippen LogP contribution in [0, 0.1) is 18.3 Å². The van der Waals surface area contributed by atoms with E-state index in [4.69, 9.17) is 10.4 Å². The molecule has 0 aliphatic heterocycles. The molecule has 6 nitrogen and oxygen atoms in total. The number of carboxylic acid groups (broad SMARTS) is 1. The maximum atomic E-state index is 11.6. The minimum absolute atomic E-state index is 0.179. The molecule has 1 rings (SSSR count). The highest BCUT2D eigenvalue weighted by Crippen LogP contribution is 2.21. The average molecular weight is 287 g/mol. The summed E-state index contributed by atoms with van der Waals surface area (Å²) in [5.41, 5.74) is 2.73. The predicted molar refractivity (Wildman–Crippen MR) is 78.5 cm³/mol. The van der Waals surface area contributed by atoms with Crippen LogP contribution in [0.25, 0.3) is 0 Å². The fourth-order valence-corrected chi connectivity index (χ4v) is 1.77. The van der Waals surface area contributed by atoms with E-state index in [1.807, 2.05) is 32.0 Å². The molecule has 1 amide bonds. The molecule has 1 aromatic carbocycles. The number of hydrogen-bond acceptors (Lipinski definition) is 4. The van der Waals surface area contributed by atoms with Crippen molar-refractivity contribution in [2.24, 2.45) is 0 Å². The van der Waals surface area contributed by atoms with Gasteiger partial charge in [-0.2, -0.15) is 5.26 Å². The number of carboxylic acids is 1. The lowest BCUT2D eigenvalue weighted by atomic mass is 10.1. The summed E-state index contributed by atoms with van der Waals surface area (Å²) in [5, 5.41) is 22.6. The third-order valence-corrected chi connectivity index (χ3v) is 2.87. The van der Waals surface area contributed by atoms with Crippen molar-refractivity contribution < 1.29 is 14.7 Å². The zero-order chi connectivity index (χ0) is 15.8. The van der Waals surface area contributed by atoms with Crippen LogP contribution in [-0.4, -0.2) is 23.5 Å². The standard InChI is InChI=1S/C15H17N3O3/c1-3-11-6-4-5-10(2)14(11)17-8-12(7-16)15(21)18-9-13(19)20/h4-6,8,17H,3,9H2,1-2H3,(H,18,21)(H,19,20)/b12-8-. The number of para-hydroxylation sites is 1.